The number of nitrogens with one attached hydrogen (secondary N) is 1. The van der Waals surface area contributed by atoms with Gasteiger partial charge in [0.1, 0.15) is 0 Å². The van der Waals surface area contributed by atoms with Crippen molar-refractivity contribution in [2.45, 2.75) is 30.6 Å². The van der Waals surface area contributed by atoms with Crippen LogP contribution >= 0.6 is 0 Å². The van der Waals surface area contributed by atoms with E-state index in [0.717, 1.165) is 35.6 Å². The van der Waals surface area contributed by atoms with Crippen LogP contribution < -0.4 is 5.32 Å². The van der Waals surface area contributed by atoms with Gasteiger partial charge in [0.05, 0.1) is 18.0 Å². The van der Waals surface area contributed by atoms with Gasteiger partial charge < -0.3 is 10.1 Å². The van der Waals surface area contributed by atoms with Crippen LogP contribution in [0.25, 0.3) is 0 Å². The quantitative estimate of drug-likeness (QED) is 0.750. The van der Waals surface area contributed by atoms with Gasteiger partial charge in [0, 0.05) is 20.7 Å². The lowest BCUT2D eigenvalue weighted by molar-refractivity contribution is -0.121. The summed E-state index contributed by atoms with van der Waals surface area (Å²) < 4.78 is 31.1. The number of aryl methyl sites for hydroxylation is 2. The van der Waals surface area contributed by atoms with Gasteiger partial charge in [-0.1, -0.05) is 6.07 Å². The molecule has 2 rings (SSSR count). The third kappa shape index (κ3) is 4.53. The molecule has 0 bridgehead atoms. The molecule has 1 aromatic carbocycles. The van der Waals surface area contributed by atoms with Gasteiger partial charge in [0.25, 0.3) is 0 Å². The molecule has 0 unspecified atom stereocenters. The molecule has 0 atom stereocenters. The Morgan fingerprint density at radius 1 is 1.26 bits per heavy atom. The number of benzene rings is 1. The predicted octanol–water partition coefficient (Wildman–Crippen LogP) is 0.949. The minimum atomic E-state index is -3.66. The molecule has 0 saturated heterocycles. The summed E-state index contributed by atoms with van der Waals surface area (Å²) in [7, 11) is -0.695. The second-order valence-electron chi connectivity index (χ2n) is 5.74. The van der Waals surface area contributed by atoms with Crippen molar-refractivity contribution in [1.82, 2.24) is 9.62 Å². The summed E-state index contributed by atoms with van der Waals surface area (Å²) in [6.07, 6.45) is 4.17. The number of amides is 1. The molecule has 0 spiro atoms. The Balaban J connectivity index is 2.06. The molecule has 7 heteroatoms. The second-order valence-corrected chi connectivity index (χ2v) is 7.79. The number of carbonyl (C=O) groups excluding carboxylic acids is 1. The number of carbonyl (C=O) groups is 1. The number of hydrogen-bond acceptors (Lipinski definition) is 4. The van der Waals surface area contributed by atoms with Crippen LogP contribution in [0, 0.1) is 0 Å². The van der Waals surface area contributed by atoms with Crippen molar-refractivity contribution < 1.29 is 17.9 Å². The number of ether oxygens (including phenoxy) is 1. The molecule has 1 aliphatic rings. The fourth-order valence-corrected chi connectivity index (χ4v) is 3.86. The number of methoxy groups -OCH3 is 1. The summed E-state index contributed by atoms with van der Waals surface area (Å²) in [6.45, 7) is 0.554. The van der Waals surface area contributed by atoms with Crippen LogP contribution in [0.4, 0.5) is 0 Å². The van der Waals surface area contributed by atoms with E-state index in [1.165, 1.54) is 12.6 Å². The molecule has 0 aliphatic heterocycles. The minimum absolute atomic E-state index is 0.205. The van der Waals surface area contributed by atoms with Crippen molar-refractivity contribution in [1.29, 1.82) is 0 Å². The van der Waals surface area contributed by atoms with Gasteiger partial charge in [-0.05, 0) is 48.9 Å². The van der Waals surface area contributed by atoms with Crippen LogP contribution in [0.15, 0.2) is 23.1 Å². The Labute approximate surface area is 137 Å². The molecule has 0 aromatic heterocycles. The average Bonchev–Trinajstić information content (AvgIpc) is 2.54. The number of likely N-dealkylation sites (N-methyl/N-ethyl adjacent to an activating group) is 1. The van der Waals surface area contributed by atoms with Gasteiger partial charge >= 0.3 is 0 Å². The van der Waals surface area contributed by atoms with Crippen LogP contribution in [0.2, 0.25) is 0 Å². The van der Waals surface area contributed by atoms with Crippen LogP contribution in [-0.4, -0.2) is 52.5 Å². The van der Waals surface area contributed by atoms with Crippen LogP contribution in [0.1, 0.15) is 24.0 Å². The fraction of sp³-hybridized carbons (Fsp3) is 0.562. The van der Waals surface area contributed by atoms with E-state index < -0.39 is 10.0 Å². The van der Waals surface area contributed by atoms with Gasteiger partial charge in [-0.2, -0.15) is 4.31 Å². The second kappa shape index (κ2) is 7.90. The maximum atomic E-state index is 12.6. The Bertz CT molecular complexity index is 658. The lowest BCUT2D eigenvalue weighted by atomic mass is 9.92. The van der Waals surface area contributed by atoms with Crippen LogP contribution in [0.3, 0.4) is 0 Å². The van der Waals surface area contributed by atoms with E-state index in [1.54, 1.807) is 19.2 Å². The highest BCUT2D eigenvalue weighted by atomic mass is 32.2. The third-order valence-electron chi connectivity index (χ3n) is 4.02. The molecular formula is C16H24N2O4S. The summed E-state index contributed by atoms with van der Waals surface area (Å²) in [5, 5.41) is 2.62. The van der Waals surface area contributed by atoms with Crippen molar-refractivity contribution in [2.24, 2.45) is 0 Å². The highest BCUT2D eigenvalue weighted by molar-refractivity contribution is 7.89. The number of sulfonamides is 1. The number of hydrogen-bond donors (Lipinski definition) is 1. The normalized spacial score (nSPS) is 14.6. The first-order valence-corrected chi connectivity index (χ1v) is 9.23. The zero-order valence-electron chi connectivity index (χ0n) is 13.7. The highest BCUT2D eigenvalue weighted by Gasteiger charge is 2.24. The Morgan fingerprint density at radius 3 is 2.65 bits per heavy atom. The van der Waals surface area contributed by atoms with Crippen molar-refractivity contribution in [3.8, 4) is 0 Å². The van der Waals surface area contributed by atoms with E-state index in [0.29, 0.717) is 13.2 Å². The van der Waals surface area contributed by atoms with Gasteiger partial charge in [0.15, 0.2) is 0 Å². The number of nitrogens with zero attached hydrogens (tertiary/aromatic N) is 1. The maximum absolute atomic E-state index is 12.6. The minimum Gasteiger partial charge on any atom is -0.383 e. The van der Waals surface area contributed by atoms with Gasteiger partial charge in [0.2, 0.25) is 15.9 Å². The Morgan fingerprint density at radius 2 is 1.96 bits per heavy atom. The largest absolute Gasteiger partial charge is 0.383 e. The summed E-state index contributed by atoms with van der Waals surface area (Å²) in [4.78, 5) is 12.0. The Kier molecular flexibility index (Phi) is 6.15. The molecular weight excluding hydrogens is 316 g/mol. The average molecular weight is 340 g/mol. The van der Waals surface area contributed by atoms with Gasteiger partial charge in [-0.25, -0.2) is 8.42 Å². The summed E-state index contributed by atoms with van der Waals surface area (Å²) >= 11 is 0. The molecule has 0 fully saturated rings. The maximum Gasteiger partial charge on any atom is 0.243 e. The molecule has 1 aliphatic carbocycles. The van der Waals surface area contributed by atoms with Crippen LogP contribution in [-0.2, 0) is 32.4 Å². The summed E-state index contributed by atoms with van der Waals surface area (Å²) in [5.41, 5.74) is 2.34. The molecule has 0 heterocycles. The topological polar surface area (TPSA) is 75.7 Å². The molecule has 0 saturated carbocycles. The van der Waals surface area contributed by atoms with E-state index in [-0.39, 0.29) is 17.3 Å². The highest BCUT2D eigenvalue weighted by Crippen LogP contribution is 2.25. The summed E-state index contributed by atoms with van der Waals surface area (Å²) in [5.74, 6) is -0.342. The number of rotatable bonds is 7. The molecule has 128 valence electrons. The zero-order chi connectivity index (χ0) is 16.9. The van der Waals surface area contributed by atoms with E-state index in [1.807, 2.05) is 6.07 Å². The first-order chi connectivity index (χ1) is 10.9. The monoisotopic (exact) mass is 340 g/mol. The SMILES string of the molecule is COCCNC(=O)CN(C)S(=O)(=O)c1ccc2c(c1)CCCC2. The van der Waals surface area contributed by atoms with E-state index in [2.05, 4.69) is 5.32 Å². The van der Waals surface area contributed by atoms with Crippen LogP contribution in [0.5, 0.6) is 0 Å². The lowest BCUT2D eigenvalue weighted by Crippen LogP contribution is -2.39. The van der Waals surface area contributed by atoms with Crippen molar-refractivity contribution in [3.05, 3.63) is 29.3 Å². The van der Waals surface area contributed by atoms with Gasteiger partial charge in [-0.3, -0.25) is 4.79 Å². The van der Waals surface area contributed by atoms with Crippen molar-refractivity contribution in [2.75, 3.05) is 33.9 Å². The fourth-order valence-electron chi connectivity index (χ4n) is 2.69. The lowest BCUT2D eigenvalue weighted by Gasteiger charge is -2.20. The number of fused-ring (bicyclic) bond motifs is 1. The van der Waals surface area contributed by atoms with E-state index in [9.17, 15) is 13.2 Å². The molecule has 23 heavy (non-hydrogen) atoms. The standard InChI is InChI=1S/C16H24N2O4S/c1-18(12-16(19)17-9-10-22-2)23(20,21)15-8-7-13-5-3-4-6-14(13)11-15/h7-8,11H,3-6,9-10,12H2,1-2H3,(H,17,19). The molecule has 1 N–H and O–H groups in total. The zero-order valence-corrected chi connectivity index (χ0v) is 14.5. The molecule has 6 nitrogen and oxygen atoms in total. The smallest absolute Gasteiger partial charge is 0.243 e. The van der Waals surface area contributed by atoms with Crippen molar-refractivity contribution >= 4 is 15.9 Å². The first-order valence-electron chi connectivity index (χ1n) is 7.79. The molecule has 1 amide bonds. The third-order valence-corrected chi connectivity index (χ3v) is 5.82. The van der Waals surface area contributed by atoms with Gasteiger partial charge in [-0.15, -0.1) is 0 Å². The van der Waals surface area contributed by atoms with Crippen molar-refractivity contribution in [3.63, 3.8) is 0 Å². The molecule has 0 radical (unpaired) electrons. The summed E-state index contributed by atoms with van der Waals surface area (Å²) in [6, 6.07) is 5.29. The first kappa shape index (κ1) is 17.9. The Hall–Kier alpha value is -1.44. The molecule has 1 aromatic rings. The predicted molar refractivity (Wildman–Crippen MR) is 87.8 cm³/mol. The van der Waals surface area contributed by atoms with E-state index >= 15 is 0 Å². The van der Waals surface area contributed by atoms with E-state index in [4.69, 9.17) is 4.74 Å².